The molecule has 1 fully saturated rings. The number of nitrogens with one attached hydrogen (secondary N) is 1. The van der Waals surface area contributed by atoms with Crippen LogP contribution in [0.1, 0.15) is 51.8 Å². The van der Waals surface area contributed by atoms with Crippen molar-refractivity contribution >= 4 is 28.7 Å². The quantitative estimate of drug-likeness (QED) is 0.424. The summed E-state index contributed by atoms with van der Waals surface area (Å²) in [5.74, 6) is 0.597. The van der Waals surface area contributed by atoms with Gasteiger partial charge in [-0.05, 0) is 64.3 Å². The van der Waals surface area contributed by atoms with Gasteiger partial charge >= 0.3 is 6.09 Å². The third kappa shape index (κ3) is 6.62. The molecule has 7 nitrogen and oxygen atoms in total. The predicted octanol–water partition coefficient (Wildman–Crippen LogP) is 4.40. The lowest BCUT2D eigenvalue weighted by Gasteiger charge is -2.22. The maximum absolute atomic E-state index is 12.0. The minimum atomic E-state index is -0.667. The number of benzene rings is 1. The molecule has 29 heavy (non-hydrogen) atoms. The molecule has 0 aromatic heterocycles. The summed E-state index contributed by atoms with van der Waals surface area (Å²) >= 11 is 2.31. The maximum Gasteiger partial charge on any atom is 0.407 e. The van der Waals surface area contributed by atoms with E-state index in [-0.39, 0.29) is 12.2 Å². The van der Waals surface area contributed by atoms with Crippen LogP contribution >= 0.6 is 22.6 Å². The molecular weight excluding hydrogens is 489 g/mol. The van der Waals surface area contributed by atoms with Gasteiger partial charge in [0, 0.05) is 11.0 Å². The minimum absolute atomic E-state index is 0.0822. The summed E-state index contributed by atoms with van der Waals surface area (Å²) in [5.41, 5.74) is 1.44. The number of carbonyl (C=O) groups excluding carboxylic acids is 1. The molecule has 2 atom stereocenters. The van der Waals surface area contributed by atoms with Crippen LogP contribution in [0.5, 0.6) is 11.5 Å². The summed E-state index contributed by atoms with van der Waals surface area (Å²) in [6.45, 7) is 9.75. The Labute approximate surface area is 186 Å². The van der Waals surface area contributed by atoms with E-state index < -0.39 is 17.5 Å². The molecule has 0 spiro atoms. The summed E-state index contributed by atoms with van der Waals surface area (Å²) < 4.78 is 29.3. The standard InChI is InChI=1S/C21H32INO6/c1-20(2,3)29-19(24)23-9-8-13-10-15(25-6)16(26-7)11-14(13)18-17(12-22)27-21(4,5)28-18/h10-11,17-18H,8-9,12H2,1-7H3,(H,23,24). The normalized spacial score (nSPS) is 21.0. The van der Waals surface area contributed by atoms with Gasteiger partial charge in [-0.1, -0.05) is 22.6 Å². The first-order chi connectivity index (χ1) is 13.5. The molecule has 0 saturated carbocycles. The number of ether oxygens (including phenoxy) is 5. The molecule has 1 saturated heterocycles. The zero-order chi connectivity index (χ0) is 21.8. The van der Waals surface area contributed by atoms with Crippen molar-refractivity contribution < 1.29 is 28.5 Å². The van der Waals surface area contributed by atoms with Crippen molar-refractivity contribution in [1.29, 1.82) is 0 Å². The number of halogens is 1. The van der Waals surface area contributed by atoms with Crippen molar-refractivity contribution in [1.82, 2.24) is 5.32 Å². The van der Waals surface area contributed by atoms with Gasteiger partial charge in [0.15, 0.2) is 17.3 Å². The molecule has 1 aromatic rings. The van der Waals surface area contributed by atoms with Crippen molar-refractivity contribution in [3.05, 3.63) is 23.3 Å². The third-order valence-corrected chi connectivity index (χ3v) is 5.22. The van der Waals surface area contributed by atoms with Crippen LogP contribution in [0.3, 0.4) is 0 Å². The molecular formula is C21H32INO6. The highest BCUT2D eigenvalue weighted by molar-refractivity contribution is 14.1. The summed E-state index contributed by atoms with van der Waals surface area (Å²) in [7, 11) is 3.21. The molecule has 164 valence electrons. The molecule has 1 aliphatic rings. The second-order valence-corrected chi connectivity index (χ2v) is 9.21. The number of rotatable bonds is 7. The fourth-order valence-electron chi connectivity index (χ4n) is 3.24. The zero-order valence-electron chi connectivity index (χ0n) is 18.3. The number of methoxy groups -OCH3 is 2. The number of alkyl halides is 1. The Balaban J connectivity index is 2.26. The molecule has 0 radical (unpaired) electrons. The average molecular weight is 521 g/mol. The van der Waals surface area contributed by atoms with E-state index in [0.29, 0.717) is 24.5 Å². The smallest absolute Gasteiger partial charge is 0.407 e. The number of hydrogen-bond acceptors (Lipinski definition) is 6. The summed E-state index contributed by atoms with van der Waals surface area (Å²) in [4.78, 5) is 12.0. The summed E-state index contributed by atoms with van der Waals surface area (Å²) in [5, 5.41) is 2.81. The van der Waals surface area contributed by atoms with Crippen molar-refractivity contribution in [2.75, 3.05) is 25.2 Å². The molecule has 1 heterocycles. The molecule has 1 aliphatic heterocycles. The van der Waals surface area contributed by atoms with Crippen LogP contribution in [-0.2, 0) is 20.6 Å². The fraction of sp³-hybridized carbons (Fsp3) is 0.667. The Morgan fingerprint density at radius 1 is 1.17 bits per heavy atom. The molecule has 2 unspecified atom stereocenters. The van der Waals surface area contributed by atoms with Crippen LogP contribution in [-0.4, -0.2) is 48.8 Å². The Bertz CT molecular complexity index is 716. The number of alkyl carbamates (subject to hydrolysis) is 1. The van der Waals surface area contributed by atoms with Crippen LogP contribution in [0, 0.1) is 0 Å². The van der Waals surface area contributed by atoms with Crippen molar-refractivity contribution in [3.63, 3.8) is 0 Å². The predicted molar refractivity (Wildman–Crippen MR) is 119 cm³/mol. The van der Waals surface area contributed by atoms with Crippen LogP contribution < -0.4 is 14.8 Å². The van der Waals surface area contributed by atoms with Gasteiger partial charge in [0.05, 0.1) is 14.2 Å². The van der Waals surface area contributed by atoms with Crippen LogP contribution in [0.2, 0.25) is 0 Å². The minimum Gasteiger partial charge on any atom is -0.493 e. The monoisotopic (exact) mass is 521 g/mol. The first-order valence-electron chi connectivity index (χ1n) is 9.63. The van der Waals surface area contributed by atoms with Crippen LogP contribution in [0.25, 0.3) is 0 Å². The van der Waals surface area contributed by atoms with E-state index in [2.05, 4.69) is 27.9 Å². The summed E-state index contributed by atoms with van der Waals surface area (Å²) in [6.07, 6.45) is -0.172. The number of carbonyl (C=O) groups is 1. The Morgan fingerprint density at radius 3 is 2.34 bits per heavy atom. The third-order valence-electron chi connectivity index (χ3n) is 4.35. The topological polar surface area (TPSA) is 75.3 Å². The molecule has 2 rings (SSSR count). The van der Waals surface area contributed by atoms with Gasteiger partial charge in [-0.2, -0.15) is 0 Å². The Kier molecular flexibility index (Phi) is 8.03. The van der Waals surface area contributed by atoms with Gasteiger partial charge in [0.25, 0.3) is 0 Å². The van der Waals surface area contributed by atoms with Crippen LogP contribution in [0.4, 0.5) is 4.79 Å². The average Bonchev–Trinajstić information content (AvgIpc) is 2.94. The van der Waals surface area contributed by atoms with Crippen LogP contribution in [0.15, 0.2) is 12.1 Å². The second-order valence-electron chi connectivity index (χ2n) is 8.33. The highest BCUT2D eigenvalue weighted by Gasteiger charge is 2.42. The highest BCUT2D eigenvalue weighted by atomic mass is 127. The molecule has 1 aromatic carbocycles. The lowest BCUT2D eigenvalue weighted by molar-refractivity contribution is -0.145. The lowest BCUT2D eigenvalue weighted by atomic mass is 9.96. The van der Waals surface area contributed by atoms with E-state index in [9.17, 15) is 4.79 Å². The zero-order valence-corrected chi connectivity index (χ0v) is 20.4. The highest BCUT2D eigenvalue weighted by Crippen LogP contribution is 2.43. The lowest BCUT2D eigenvalue weighted by Crippen LogP contribution is -2.33. The molecule has 1 N–H and O–H groups in total. The van der Waals surface area contributed by atoms with E-state index in [1.807, 2.05) is 46.8 Å². The molecule has 8 heteroatoms. The van der Waals surface area contributed by atoms with E-state index in [4.69, 9.17) is 23.7 Å². The largest absolute Gasteiger partial charge is 0.493 e. The van der Waals surface area contributed by atoms with Crippen molar-refractivity contribution in [2.24, 2.45) is 0 Å². The molecule has 0 bridgehead atoms. The number of hydrogen-bond donors (Lipinski definition) is 1. The fourth-order valence-corrected chi connectivity index (χ4v) is 3.89. The first-order valence-corrected chi connectivity index (χ1v) is 11.2. The van der Waals surface area contributed by atoms with Crippen molar-refractivity contribution in [3.8, 4) is 11.5 Å². The van der Waals surface area contributed by atoms with Gasteiger partial charge in [0.1, 0.15) is 17.8 Å². The van der Waals surface area contributed by atoms with Crippen molar-refractivity contribution in [2.45, 2.75) is 64.6 Å². The summed E-state index contributed by atoms with van der Waals surface area (Å²) in [6, 6.07) is 3.88. The van der Waals surface area contributed by atoms with E-state index in [1.54, 1.807) is 14.2 Å². The SMILES string of the molecule is COc1cc(CCNC(=O)OC(C)(C)C)c(C2OC(C)(C)OC2CI)cc1OC. The van der Waals surface area contributed by atoms with Gasteiger partial charge in [-0.15, -0.1) is 0 Å². The van der Waals surface area contributed by atoms with Gasteiger partial charge in [-0.3, -0.25) is 0 Å². The number of amides is 1. The van der Waals surface area contributed by atoms with E-state index in [0.717, 1.165) is 15.6 Å². The maximum atomic E-state index is 12.0. The molecule has 1 amide bonds. The van der Waals surface area contributed by atoms with Gasteiger partial charge < -0.3 is 29.0 Å². The first kappa shape index (κ1) is 24.0. The van der Waals surface area contributed by atoms with E-state index >= 15 is 0 Å². The molecule has 0 aliphatic carbocycles. The Morgan fingerprint density at radius 2 is 1.79 bits per heavy atom. The van der Waals surface area contributed by atoms with E-state index in [1.165, 1.54) is 0 Å². The van der Waals surface area contributed by atoms with Gasteiger partial charge in [-0.25, -0.2) is 4.79 Å². The second kappa shape index (κ2) is 9.70. The van der Waals surface area contributed by atoms with Gasteiger partial charge in [0.2, 0.25) is 0 Å². The Hall–Kier alpha value is -1.26.